The van der Waals surface area contributed by atoms with Crippen LogP contribution in [0.15, 0.2) is 12.2 Å². The zero-order chi connectivity index (χ0) is 11.1. The number of hydrogen-bond acceptors (Lipinski definition) is 2. The van der Waals surface area contributed by atoms with E-state index >= 15 is 0 Å². The maximum atomic E-state index is 11.7. The molecule has 1 aliphatic carbocycles. The number of methoxy groups -OCH3 is 1. The number of quaternary nitrogens is 1. The third kappa shape index (κ3) is 1.49. The van der Waals surface area contributed by atoms with Gasteiger partial charge in [0, 0.05) is 5.41 Å². The number of esters is 1. The molecule has 2 aliphatic heterocycles. The third-order valence-corrected chi connectivity index (χ3v) is 4.34. The van der Waals surface area contributed by atoms with Crippen LogP contribution in [0.5, 0.6) is 0 Å². The summed E-state index contributed by atoms with van der Waals surface area (Å²) < 4.78 is 4.81. The van der Waals surface area contributed by atoms with Crippen molar-refractivity contribution in [3.63, 3.8) is 0 Å². The number of carbonyl (C=O) groups is 1. The van der Waals surface area contributed by atoms with Crippen molar-refractivity contribution in [2.75, 3.05) is 13.7 Å². The molecule has 15 heavy (non-hydrogen) atoms. The van der Waals surface area contributed by atoms with Gasteiger partial charge >= 0.3 is 5.97 Å². The van der Waals surface area contributed by atoms with Crippen LogP contribution < -0.4 is 5.32 Å². The highest BCUT2D eigenvalue weighted by molar-refractivity contribution is 6.34. The van der Waals surface area contributed by atoms with Crippen molar-refractivity contribution >= 4 is 17.6 Å². The smallest absolute Gasteiger partial charge is 0.333 e. The number of fused-ring (bicyclic) bond motifs is 2. The lowest BCUT2D eigenvalue weighted by molar-refractivity contribution is -0.704. The van der Waals surface area contributed by atoms with E-state index in [2.05, 4.69) is 24.4 Å². The Hall–Kier alpha value is -0.540. The number of ether oxygens (including phenoxy) is 1. The van der Waals surface area contributed by atoms with Crippen molar-refractivity contribution < 1.29 is 14.8 Å². The molecule has 0 radical (unpaired) electrons. The molecule has 84 valence electrons. The van der Waals surface area contributed by atoms with E-state index in [1.54, 1.807) is 0 Å². The zero-order valence-electron chi connectivity index (χ0n) is 9.13. The molecule has 0 aromatic carbocycles. The van der Waals surface area contributed by atoms with E-state index in [1.165, 1.54) is 7.11 Å². The summed E-state index contributed by atoms with van der Waals surface area (Å²) in [5.74, 6) is -0.299. The third-order valence-electron chi connectivity index (χ3n) is 3.80. The quantitative estimate of drug-likeness (QED) is 0.425. The summed E-state index contributed by atoms with van der Waals surface area (Å²) in [6.45, 7) is 3.16. The van der Waals surface area contributed by atoms with Crippen LogP contribution in [0.25, 0.3) is 0 Å². The van der Waals surface area contributed by atoms with Gasteiger partial charge in [0.05, 0.1) is 13.7 Å². The van der Waals surface area contributed by atoms with E-state index in [0.717, 1.165) is 13.0 Å². The predicted octanol–water partition coefficient (Wildman–Crippen LogP) is 0.439. The summed E-state index contributed by atoms with van der Waals surface area (Å²) in [6.07, 6.45) is 5.99. The van der Waals surface area contributed by atoms with Crippen molar-refractivity contribution in [3.05, 3.63) is 12.2 Å². The van der Waals surface area contributed by atoms with Gasteiger partial charge < -0.3 is 10.1 Å². The summed E-state index contributed by atoms with van der Waals surface area (Å²) in [6, 6.07) is 0.0278. The average molecular weight is 231 g/mol. The molecule has 1 fully saturated rings. The van der Waals surface area contributed by atoms with Gasteiger partial charge in [0.25, 0.3) is 0 Å². The number of halogens is 1. The second-order valence-electron chi connectivity index (χ2n) is 4.57. The molecule has 0 saturated carbocycles. The molecule has 1 saturated heterocycles. The Balaban J connectivity index is 2.32. The zero-order valence-corrected chi connectivity index (χ0v) is 9.88. The minimum atomic E-state index is -0.863. The van der Waals surface area contributed by atoms with Crippen LogP contribution in [0.2, 0.25) is 0 Å². The lowest BCUT2D eigenvalue weighted by Gasteiger charge is -2.46. The maximum Gasteiger partial charge on any atom is 0.333 e. The first kappa shape index (κ1) is 11.0. The Labute approximate surface area is 94.8 Å². The van der Waals surface area contributed by atoms with E-state index in [4.69, 9.17) is 16.3 Å². The molecule has 0 spiro atoms. The van der Waals surface area contributed by atoms with Crippen LogP contribution in [-0.2, 0) is 9.53 Å². The lowest BCUT2D eigenvalue weighted by atomic mass is 9.66. The molecule has 0 amide bonds. The van der Waals surface area contributed by atoms with E-state index in [1.807, 2.05) is 0 Å². The summed E-state index contributed by atoms with van der Waals surface area (Å²) in [5, 5.41) is 2.15. The van der Waals surface area contributed by atoms with Gasteiger partial charge in [-0.2, -0.15) is 0 Å². The Bertz CT molecular complexity index is 318. The maximum absolute atomic E-state index is 11.7. The minimum Gasteiger partial charge on any atom is -0.468 e. The molecule has 0 aromatic heterocycles. The number of carbonyl (C=O) groups excluding carboxylic acids is 1. The van der Waals surface area contributed by atoms with Crippen molar-refractivity contribution in [2.24, 2.45) is 5.41 Å². The average Bonchev–Trinajstić information content (AvgIpc) is 2.29. The molecule has 3 atom stereocenters. The molecule has 3 aliphatic rings. The molecule has 2 N–H and O–H groups in total. The standard InChI is InChI=1S/C11H16ClNO2/c1-3-10-5-4-8(13-7-10)11(12,6-10)9(14)15-2/h4-5,8,13H,3,6-7H2,1-2H3/p+1/t8-,10+,11+/m1/s1. The van der Waals surface area contributed by atoms with Crippen LogP contribution in [0.1, 0.15) is 19.8 Å². The van der Waals surface area contributed by atoms with Crippen molar-refractivity contribution in [3.8, 4) is 0 Å². The van der Waals surface area contributed by atoms with Crippen LogP contribution in [0.4, 0.5) is 0 Å². The Kier molecular flexibility index (Phi) is 2.55. The van der Waals surface area contributed by atoms with Gasteiger partial charge in [-0.15, -0.1) is 0 Å². The molecular weight excluding hydrogens is 214 g/mol. The second-order valence-corrected chi connectivity index (χ2v) is 5.25. The fraction of sp³-hybridized carbons (Fsp3) is 0.727. The largest absolute Gasteiger partial charge is 0.468 e. The van der Waals surface area contributed by atoms with Crippen molar-refractivity contribution in [2.45, 2.75) is 30.7 Å². The minimum absolute atomic E-state index is 0.0278. The first-order valence-corrected chi connectivity index (χ1v) is 5.74. The molecule has 2 bridgehead atoms. The van der Waals surface area contributed by atoms with Crippen LogP contribution in [0.3, 0.4) is 0 Å². The summed E-state index contributed by atoms with van der Waals surface area (Å²) in [7, 11) is 1.40. The topological polar surface area (TPSA) is 42.9 Å². The van der Waals surface area contributed by atoms with Crippen LogP contribution in [0, 0.1) is 5.41 Å². The van der Waals surface area contributed by atoms with E-state index in [-0.39, 0.29) is 17.4 Å². The normalized spacial score (nSPS) is 43.0. The highest BCUT2D eigenvalue weighted by atomic mass is 35.5. The molecule has 2 heterocycles. The van der Waals surface area contributed by atoms with Gasteiger partial charge in [-0.25, -0.2) is 4.79 Å². The highest BCUT2D eigenvalue weighted by Crippen LogP contribution is 2.44. The Morgan fingerprint density at radius 1 is 1.73 bits per heavy atom. The fourth-order valence-corrected chi connectivity index (χ4v) is 3.19. The molecule has 0 aromatic rings. The molecule has 0 unspecified atom stereocenters. The number of rotatable bonds is 2. The number of alkyl halides is 1. The predicted molar refractivity (Wildman–Crippen MR) is 57.7 cm³/mol. The monoisotopic (exact) mass is 230 g/mol. The Morgan fingerprint density at radius 2 is 2.47 bits per heavy atom. The van der Waals surface area contributed by atoms with Gasteiger partial charge in [0.15, 0.2) is 4.87 Å². The van der Waals surface area contributed by atoms with Crippen molar-refractivity contribution in [1.82, 2.24) is 0 Å². The summed E-state index contributed by atoms with van der Waals surface area (Å²) in [4.78, 5) is 10.9. The van der Waals surface area contributed by atoms with Crippen LogP contribution in [-0.4, -0.2) is 30.5 Å². The first-order valence-electron chi connectivity index (χ1n) is 5.36. The van der Waals surface area contributed by atoms with Crippen LogP contribution >= 0.6 is 11.6 Å². The van der Waals surface area contributed by atoms with E-state index in [0.29, 0.717) is 6.42 Å². The Morgan fingerprint density at radius 3 is 2.93 bits per heavy atom. The first-order chi connectivity index (χ1) is 7.06. The molecule has 3 rings (SSSR count). The SMILES string of the molecule is CC[C@@]12C=C[C@@H]([NH2+]C1)[C@](Cl)(C(=O)OC)C2. The number of hydrogen-bond donors (Lipinski definition) is 1. The lowest BCUT2D eigenvalue weighted by Crippen LogP contribution is -3.00. The van der Waals surface area contributed by atoms with E-state index < -0.39 is 4.87 Å². The van der Waals surface area contributed by atoms with Gasteiger partial charge in [-0.3, -0.25) is 0 Å². The van der Waals surface area contributed by atoms with Crippen molar-refractivity contribution in [1.29, 1.82) is 0 Å². The van der Waals surface area contributed by atoms with Gasteiger partial charge in [0.1, 0.15) is 6.04 Å². The van der Waals surface area contributed by atoms with Gasteiger partial charge in [-0.1, -0.05) is 24.6 Å². The molecule has 3 nitrogen and oxygen atoms in total. The van der Waals surface area contributed by atoms with E-state index in [9.17, 15) is 4.79 Å². The molecular formula is C11H17ClNO2+. The molecule has 4 heteroatoms. The fourth-order valence-electron chi connectivity index (χ4n) is 2.68. The number of nitrogens with two attached hydrogens (primary N) is 1. The van der Waals surface area contributed by atoms with Gasteiger partial charge in [0.2, 0.25) is 0 Å². The van der Waals surface area contributed by atoms with Gasteiger partial charge in [-0.05, 0) is 18.9 Å². The number of piperidine rings is 1. The summed E-state index contributed by atoms with van der Waals surface area (Å²) in [5.41, 5.74) is 0.0741. The highest BCUT2D eigenvalue weighted by Gasteiger charge is 2.58. The summed E-state index contributed by atoms with van der Waals surface area (Å²) >= 11 is 6.43. The second kappa shape index (κ2) is 3.49.